The standard InChI is InChI=1S/C16H14ClN3O6/c1-25-13-6-3-9(7-11(13)17)18-15(21)16(22)19-12-5-4-10(20(23)24)8-14(12)26-2/h3-8H,1-2H3,(H,18,21)(H,19,22). The molecular weight excluding hydrogens is 366 g/mol. The van der Waals surface area contributed by atoms with Gasteiger partial charge in [-0.1, -0.05) is 11.6 Å². The molecule has 2 amide bonds. The number of benzene rings is 2. The predicted molar refractivity (Wildman–Crippen MR) is 94.9 cm³/mol. The molecule has 0 atom stereocenters. The zero-order valence-corrected chi connectivity index (χ0v) is 14.5. The van der Waals surface area contributed by atoms with Crippen molar-refractivity contribution < 1.29 is 24.0 Å². The van der Waals surface area contributed by atoms with E-state index in [1.54, 1.807) is 0 Å². The molecule has 0 aromatic heterocycles. The summed E-state index contributed by atoms with van der Waals surface area (Å²) >= 11 is 5.95. The summed E-state index contributed by atoms with van der Waals surface area (Å²) in [6.07, 6.45) is 0. The molecule has 0 aliphatic rings. The van der Waals surface area contributed by atoms with E-state index in [0.29, 0.717) is 11.4 Å². The van der Waals surface area contributed by atoms with Crippen LogP contribution in [-0.4, -0.2) is 31.0 Å². The van der Waals surface area contributed by atoms with Crippen molar-refractivity contribution in [3.05, 3.63) is 51.5 Å². The summed E-state index contributed by atoms with van der Waals surface area (Å²) in [7, 11) is 2.73. The number of amides is 2. The van der Waals surface area contributed by atoms with Crippen LogP contribution in [0.5, 0.6) is 11.5 Å². The van der Waals surface area contributed by atoms with Gasteiger partial charge in [0.1, 0.15) is 11.5 Å². The van der Waals surface area contributed by atoms with Crippen molar-refractivity contribution in [3.63, 3.8) is 0 Å². The number of nitrogens with one attached hydrogen (secondary N) is 2. The highest BCUT2D eigenvalue weighted by atomic mass is 35.5. The lowest BCUT2D eigenvalue weighted by atomic mass is 10.2. The minimum atomic E-state index is -0.982. The zero-order valence-electron chi connectivity index (χ0n) is 13.7. The molecule has 0 bridgehead atoms. The van der Waals surface area contributed by atoms with Gasteiger partial charge in [0, 0.05) is 11.8 Å². The zero-order chi connectivity index (χ0) is 19.3. The maximum Gasteiger partial charge on any atom is 0.314 e. The van der Waals surface area contributed by atoms with Crippen LogP contribution in [0.3, 0.4) is 0 Å². The molecule has 2 N–H and O–H groups in total. The van der Waals surface area contributed by atoms with E-state index in [1.807, 2.05) is 0 Å². The molecule has 0 aliphatic heterocycles. The van der Waals surface area contributed by atoms with Crippen LogP contribution < -0.4 is 20.1 Å². The summed E-state index contributed by atoms with van der Waals surface area (Å²) in [6, 6.07) is 8.07. The predicted octanol–water partition coefficient (Wildman–Crippen LogP) is 2.84. The average Bonchev–Trinajstić information content (AvgIpc) is 2.61. The summed E-state index contributed by atoms with van der Waals surface area (Å²) in [5.74, 6) is -1.46. The number of hydrogen-bond acceptors (Lipinski definition) is 6. The highest BCUT2D eigenvalue weighted by molar-refractivity contribution is 6.44. The molecule has 2 rings (SSSR count). The quantitative estimate of drug-likeness (QED) is 0.468. The number of nitro groups is 1. The number of carbonyl (C=O) groups excluding carboxylic acids is 2. The summed E-state index contributed by atoms with van der Waals surface area (Å²) in [5.41, 5.74) is 0.204. The summed E-state index contributed by atoms with van der Waals surface area (Å²) in [6.45, 7) is 0. The van der Waals surface area contributed by atoms with E-state index in [0.717, 1.165) is 6.07 Å². The third kappa shape index (κ3) is 4.39. The molecule has 0 radical (unpaired) electrons. The Bertz CT molecular complexity index is 871. The molecule has 9 nitrogen and oxygen atoms in total. The molecule has 26 heavy (non-hydrogen) atoms. The molecule has 0 spiro atoms. The minimum absolute atomic E-state index is 0.0489. The van der Waals surface area contributed by atoms with Crippen molar-refractivity contribution in [3.8, 4) is 11.5 Å². The van der Waals surface area contributed by atoms with Gasteiger partial charge in [-0.3, -0.25) is 19.7 Å². The Hall–Kier alpha value is -3.33. The Morgan fingerprint density at radius 1 is 1.00 bits per heavy atom. The monoisotopic (exact) mass is 379 g/mol. The van der Waals surface area contributed by atoms with Gasteiger partial charge in [0.25, 0.3) is 5.69 Å². The van der Waals surface area contributed by atoms with Crippen molar-refractivity contribution in [2.75, 3.05) is 24.9 Å². The van der Waals surface area contributed by atoms with Gasteiger partial charge < -0.3 is 20.1 Å². The highest BCUT2D eigenvalue weighted by Crippen LogP contribution is 2.29. The number of hydrogen-bond donors (Lipinski definition) is 2. The van der Waals surface area contributed by atoms with E-state index in [1.165, 1.54) is 44.6 Å². The summed E-state index contributed by atoms with van der Waals surface area (Å²) < 4.78 is 9.99. The number of carbonyl (C=O) groups is 2. The van der Waals surface area contributed by atoms with E-state index in [4.69, 9.17) is 21.1 Å². The molecule has 0 unspecified atom stereocenters. The van der Waals surface area contributed by atoms with Crippen LogP contribution in [0.15, 0.2) is 36.4 Å². The number of non-ortho nitro benzene ring substituents is 1. The van der Waals surface area contributed by atoms with Crippen LogP contribution >= 0.6 is 11.6 Å². The van der Waals surface area contributed by atoms with E-state index in [9.17, 15) is 19.7 Å². The SMILES string of the molecule is COc1ccc(NC(=O)C(=O)Nc2ccc([N+](=O)[O-])cc2OC)cc1Cl. The van der Waals surface area contributed by atoms with Gasteiger partial charge in [-0.2, -0.15) is 0 Å². The van der Waals surface area contributed by atoms with Gasteiger partial charge >= 0.3 is 11.8 Å². The van der Waals surface area contributed by atoms with Crippen LogP contribution in [0.2, 0.25) is 5.02 Å². The van der Waals surface area contributed by atoms with Crippen LogP contribution in [0.1, 0.15) is 0 Å². The third-order valence-electron chi connectivity index (χ3n) is 3.26. The van der Waals surface area contributed by atoms with Crippen LogP contribution in [0.4, 0.5) is 17.1 Å². The lowest BCUT2D eigenvalue weighted by molar-refractivity contribution is -0.384. The van der Waals surface area contributed by atoms with Crippen LogP contribution in [0.25, 0.3) is 0 Å². The molecule has 0 saturated carbocycles. The van der Waals surface area contributed by atoms with Crippen molar-refractivity contribution in [1.82, 2.24) is 0 Å². The fourth-order valence-electron chi connectivity index (χ4n) is 2.01. The fourth-order valence-corrected chi connectivity index (χ4v) is 2.27. The largest absolute Gasteiger partial charge is 0.495 e. The van der Waals surface area contributed by atoms with Crippen LogP contribution in [0, 0.1) is 10.1 Å². The van der Waals surface area contributed by atoms with E-state index in [2.05, 4.69) is 10.6 Å². The van der Waals surface area contributed by atoms with Gasteiger partial charge in [0.15, 0.2) is 0 Å². The summed E-state index contributed by atoms with van der Waals surface area (Å²) in [4.78, 5) is 34.2. The third-order valence-corrected chi connectivity index (χ3v) is 3.56. The first-order valence-electron chi connectivity index (χ1n) is 7.14. The minimum Gasteiger partial charge on any atom is -0.495 e. The van der Waals surface area contributed by atoms with Crippen molar-refractivity contribution in [2.45, 2.75) is 0 Å². The second kappa shape index (κ2) is 8.17. The van der Waals surface area contributed by atoms with Crippen molar-refractivity contribution >= 4 is 40.5 Å². The number of nitro benzene ring substituents is 1. The maximum absolute atomic E-state index is 12.0. The van der Waals surface area contributed by atoms with Gasteiger partial charge in [-0.25, -0.2) is 0 Å². The Labute approximate surface area is 153 Å². The fraction of sp³-hybridized carbons (Fsp3) is 0.125. The van der Waals surface area contributed by atoms with Gasteiger partial charge in [0.2, 0.25) is 0 Å². The van der Waals surface area contributed by atoms with Gasteiger partial charge in [0.05, 0.1) is 35.9 Å². The Morgan fingerprint density at radius 2 is 1.65 bits per heavy atom. The lowest BCUT2D eigenvalue weighted by Gasteiger charge is -2.11. The first-order valence-corrected chi connectivity index (χ1v) is 7.51. The molecule has 10 heteroatoms. The number of halogens is 1. The number of nitrogens with zero attached hydrogens (tertiary/aromatic N) is 1. The second-order valence-corrected chi connectivity index (χ2v) is 5.31. The molecule has 0 fully saturated rings. The number of anilines is 2. The summed E-state index contributed by atoms with van der Waals surface area (Å²) in [5, 5.41) is 15.7. The van der Waals surface area contributed by atoms with Crippen LogP contribution in [-0.2, 0) is 9.59 Å². The first kappa shape index (κ1) is 19.0. The van der Waals surface area contributed by atoms with E-state index < -0.39 is 16.7 Å². The molecular formula is C16H14ClN3O6. The average molecular weight is 380 g/mol. The molecule has 2 aromatic rings. The van der Waals surface area contributed by atoms with Gasteiger partial charge in [-0.05, 0) is 24.3 Å². The second-order valence-electron chi connectivity index (χ2n) is 4.90. The van der Waals surface area contributed by atoms with Crippen molar-refractivity contribution in [1.29, 1.82) is 0 Å². The first-order chi connectivity index (χ1) is 12.3. The Morgan fingerprint density at radius 3 is 2.23 bits per heavy atom. The van der Waals surface area contributed by atoms with E-state index >= 15 is 0 Å². The van der Waals surface area contributed by atoms with Gasteiger partial charge in [-0.15, -0.1) is 0 Å². The smallest absolute Gasteiger partial charge is 0.314 e. The lowest BCUT2D eigenvalue weighted by Crippen LogP contribution is -2.29. The van der Waals surface area contributed by atoms with E-state index in [-0.39, 0.29) is 22.1 Å². The topological polar surface area (TPSA) is 120 Å². The number of ether oxygens (including phenoxy) is 2. The number of methoxy groups -OCH3 is 2. The normalized spacial score (nSPS) is 9.96. The molecule has 136 valence electrons. The molecule has 0 heterocycles. The Balaban J connectivity index is 2.11. The molecule has 0 aliphatic carbocycles. The maximum atomic E-state index is 12.0. The Kier molecular flexibility index (Phi) is 5.97. The van der Waals surface area contributed by atoms with Crippen molar-refractivity contribution in [2.24, 2.45) is 0 Å². The molecule has 2 aromatic carbocycles. The highest BCUT2D eigenvalue weighted by Gasteiger charge is 2.18. The number of rotatable bonds is 5. The molecule has 0 saturated heterocycles.